The molecule has 0 aromatic heterocycles. The summed E-state index contributed by atoms with van der Waals surface area (Å²) in [4.78, 5) is 0. The summed E-state index contributed by atoms with van der Waals surface area (Å²) in [6.45, 7) is 1.11. The predicted molar refractivity (Wildman–Crippen MR) is 141 cm³/mol. The smallest absolute Gasteiger partial charge is 0.230 e. The third-order valence-electron chi connectivity index (χ3n) is 4.59. The molecule has 0 atom stereocenters. The minimum absolute atomic E-state index is 0.147. The van der Waals surface area contributed by atoms with E-state index in [1.165, 1.54) is 0 Å². The van der Waals surface area contributed by atoms with Crippen molar-refractivity contribution in [3.8, 4) is 23.0 Å². The number of hydrogen-bond acceptors (Lipinski definition) is 8. The Morgan fingerprint density at radius 2 is 0.571 bits per heavy atom. The Morgan fingerprint density at radius 3 is 0.829 bits per heavy atom. The maximum atomic E-state index is 5.58. The van der Waals surface area contributed by atoms with Crippen molar-refractivity contribution in [1.82, 2.24) is 0 Å². The number of rotatable bonds is 9. The lowest BCUT2D eigenvalue weighted by Gasteiger charge is -2.08. The minimum atomic E-state index is 0.147. The van der Waals surface area contributed by atoms with Gasteiger partial charge in [0.25, 0.3) is 0 Å². The van der Waals surface area contributed by atoms with Gasteiger partial charge >= 0.3 is 0 Å². The zero-order valence-corrected chi connectivity index (χ0v) is 19.3. The standard InChI is InChI=1S/C14H16N2O2.C13H14N2O2/c15-11-1-5-13(6-2-11)17-9-10-18-14-7-3-12(16)4-8-14;14-10-1-5-12(6-2-10)16-9-17-13-7-3-11(15)4-8-13/h1-8H,9-10,15-16H2;1-8H,9,14-15H2. The quantitative estimate of drug-likeness (QED) is 0.157. The van der Waals surface area contributed by atoms with Crippen LogP contribution in [0.5, 0.6) is 23.0 Å². The molecule has 4 aromatic carbocycles. The zero-order chi connectivity index (χ0) is 24.9. The lowest BCUT2D eigenvalue weighted by atomic mass is 10.3. The highest BCUT2D eigenvalue weighted by molar-refractivity contribution is 5.43. The van der Waals surface area contributed by atoms with E-state index >= 15 is 0 Å². The maximum absolute atomic E-state index is 5.58. The topological polar surface area (TPSA) is 141 Å². The molecule has 4 rings (SSSR count). The van der Waals surface area contributed by atoms with Crippen LogP contribution in [-0.2, 0) is 0 Å². The fourth-order valence-corrected chi connectivity index (χ4v) is 2.74. The number of anilines is 4. The molecule has 182 valence electrons. The van der Waals surface area contributed by atoms with Gasteiger partial charge in [0.1, 0.15) is 36.2 Å². The molecule has 0 bridgehead atoms. The van der Waals surface area contributed by atoms with E-state index in [1.807, 2.05) is 24.3 Å². The second kappa shape index (κ2) is 13.1. The van der Waals surface area contributed by atoms with E-state index in [9.17, 15) is 0 Å². The van der Waals surface area contributed by atoms with Crippen molar-refractivity contribution >= 4 is 22.7 Å². The molecule has 0 spiro atoms. The maximum Gasteiger partial charge on any atom is 0.230 e. The van der Waals surface area contributed by atoms with Crippen LogP contribution >= 0.6 is 0 Å². The van der Waals surface area contributed by atoms with Crippen LogP contribution in [-0.4, -0.2) is 20.0 Å². The lowest BCUT2D eigenvalue weighted by Crippen LogP contribution is -2.08. The molecule has 0 unspecified atom stereocenters. The van der Waals surface area contributed by atoms with Gasteiger partial charge in [-0.2, -0.15) is 0 Å². The first kappa shape index (κ1) is 24.9. The van der Waals surface area contributed by atoms with Gasteiger partial charge in [-0.15, -0.1) is 0 Å². The van der Waals surface area contributed by atoms with Crippen LogP contribution in [0.25, 0.3) is 0 Å². The molecule has 0 amide bonds. The number of ether oxygens (including phenoxy) is 4. The highest BCUT2D eigenvalue weighted by Gasteiger charge is 1.97. The van der Waals surface area contributed by atoms with Gasteiger partial charge in [0.15, 0.2) is 0 Å². The zero-order valence-electron chi connectivity index (χ0n) is 19.3. The highest BCUT2D eigenvalue weighted by Crippen LogP contribution is 2.16. The number of nitrogens with two attached hydrogens (primary N) is 4. The van der Waals surface area contributed by atoms with E-state index in [-0.39, 0.29) is 6.79 Å². The van der Waals surface area contributed by atoms with Crippen molar-refractivity contribution in [3.63, 3.8) is 0 Å². The molecule has 0 fully saturated rings. The highest BCUT2D eigenvalue weighted by atomic mass is 16.7. The SMILES string of the molecule is Nc1ccc(OCCOc2ccc(N)cc2)cc1.Nc1ccc(OCOc2ccc(N)cc2)cc1. The molecule has 8 nitrogen and oxygen atoms in total. The minimum Gasteiger partial charge on any atom is -0.490 e. The van der Waals surface area contributed by atoms with Gasteiger partial charge in [-0.1, -0.05) is 0 Å². The summed E-state index contributed by atoms with van der Waals surface area (Å²) in [6.07, 6.45) is 0. The average Bonchev–Trinajstić information content (AvgIpc) is 2.87. The van der Waals surface area contributed by atoms with Gasteiger partial charge in [0.2, 0.25) is 6.79 Å². The first-order chi connectivity index (χ1) is 17.0. The van der Waals surface area contributed by atoms with E-state index in [2.05, 4.69) is 0 Å². The largest absolute Gasteiger partial charge is 0.490 e. The van der Waals surface area contributed by atoms with E-state index in [1.54, 1.807) is 72.8 Å². The molecule has 0 heterocycles. The first-order valence-electron chi connectivity index (χ1n) is 10.9. The number of nitrogen functional groups attached to an aromatic ring is 4. The van der Waals surface area contributed by atoms with E-state index in [0.717, 1.165) is 34.4 Å². The third kappa shape index (κ3) is 9.35. The van der Waals surface area contributed by atoms with Crippen LogP contribution in [0.15, 0.2) is 97.1 Å². The predicted octanol–water partition coefficient (Wildman–Crippen LogP) is 4.58. The Kier molecular flexibility index (Phi) is 9.32. The van der Waals surface area contributed by atoms with Crippen LogP contribution in [0.1, 0.15) is 0 Å². The summed E-state index contributed by atoms with van der Waals surface area (Å²) in [5.41, 5.74) is 25.1. The van der Waals surface area contributed by atoms with Crippen molar-refractivity contribution < 1.29 is 18.9 Å². The van der Waals surface area contributed by atoms with Crippen LogP contribution < -0.4 is 41.9 Å². The summed E-state index contributed by atoms with van der Waals surface area (Å²) in [5.74, 6) is 3.00. The van der Waals surface area contributed by atoms with Crippen molar-refractivity contribution in [3.05, 3.63) is 97.1 Å². The molecule has 0 saturated heterocycles. The summed E-state index contributed by atoms with van der Waals surface area (Å²) in [6, 6.07) is 28.8. The van der Waals surface area contributed by atoms with Gasteiger partial charge in [0.05, 0.1) is 0 Å². The van der Waals surface area contributed by atoms with Gasteiger partial charge in [0, 0.05) is 22.7 Å². The molecule has 8 N–H and O–H groups in total. The molecule has 35 heavy (non-hydrogen) atoms. The van der Waals surface area contributed by atoms with E-state index < -0.39 is 0 Å². The van der Waals surface area contributed by atoms with Gasteiger partial charge in [-0.3, -0.25) is 0 Å². The van der Waals surface area contributed by atoms with Crippen molar-refractivity contribution in [1.29, 1.82) is 0 Å². The van der Waals surface area contributed by atoms with Gasteiger partial charge in [-0.05, 0) is 97.1 Å². The van der Waals surface area contributed by atoms with Crippen molar-refractivity contribution in [2.24, 2.45) is 0 Å². The van der Waals surface area contributed by atoms with E-state index in [0.29, 0.717) is 24.6 Å². The van der Waals surface area contributed by atoms with Crippen LogP contribution in [0, 0.1) is 0 Å². The summed E-state index contributed by atoms with van der Waals surface area (Å²) in [7, 11) is 0. The van der Waals surface area contributed by atoms with Crippen molar-refractivity contribution in [2.45, 2.75) is 0 Å². The lowest BCUT2D eigenvalue weighted by molar-refractivity contribution is 0.120. The second-order valence-electron chi connectivity index (χ2n) is 7.38. The molecule has 0 aliphatic carbocycles. The molecule has 0 aliphatic rings. The first-order valence-corrected chi connectivity index (χ1v) is 10.9. The Balaban J connectivity index is 0.000000196. The molecule has 4 aromatic rings. The fraction of sp³-hybridized carbons (Fsp3) is 0.111. The van der Waals surface area contributed by atoms with Gasteiger partial charge < -0.3 is 41.9 Å². The average molecular weight is 475 g/mol. The van der Waals surface area contributed by atoms with Crippen LogP contribution in [0.4, 0.5) is 22.7 Å². The Bertz CT molecular complexity index is 1040. The second-order valence-corrected chi connectivity index (χ2v) is 7.38. The van der Waals surface area contributed by atoms with Crippen molar-refractivity contribution in [2.75, 3.05) is 42.9 Å². The van der Waals surface area contributed by atoms with Gasteiger partial charge in [-0.25, -0.2) is 0 Å². The molecule has 0 aliphatic heterocycles. The molecular formula is C27H30N4O4. The summed E-state index contributed by atoms with van der Waals surface area (Å²) >= 11 is 0. The van der Waals surface area contributed by atoms with E-state index in [4.69, 9.17) is 41.9 Å². The van der Waals surface area contributed by atoms with Crippen LogP contribution in [0.3, 0.4) is 0 Å². The molecular weight excluding hydrogens is 444 g/mol. The molecule has 0 radical (unpaired) electrons. The number of hydrogen-bond donors (Lipinski definition) is 4. The summed E-state index contributed by atoms with van der Waals surface area (Å²) < 4.78 is 21.8. The summed E-state index contributed by atoms with van der Waals surface area (Å²) in [5, 5.41) is 0. The monoisotopic (exact) mass is 474 g/mol. The number of benzene rings is 4. The normalized spacial score (nSPS) is 9.94. The third-order valence-corrected chi connectivity index (χ3v) is 4.59. The Labute approximate surface area is 205 Å². The molecule has 8 heteroatoms. The molecule has 0 saturated carbocycles. The Morgan fingerprint density at radius 1 is 0.343 bits per heavy atom. The fourth-order valence-electron chi connectivity index (χ4n) is 2.74. The van der Waals surface area contributed by atoms with Crippen LogP contribution in [0.2, 0.25) is 0 Å². The Hall–Kier alpha value is -4.72.